The summed E-state index contributed by atoms with van der Waals surface area (Å²) in [6.07, 6.45) is 0. The Hall–Kier alpha value is 1.14. The molecule has 0 unspecified atom stereocenters. The third kappa shape index (κ3) is 208. The summed E-state index contributed by atoms with van der Waals surface area (Å²) in [5.41, 5.74) is 0. The summed E-state index contributed by atoms with van der Waals surface area (Å²) in [5, 5.41) is 0. The van der Waals surface area contributed by atoms with Gasteiger partial charge >= 0.3 is 42.1 Å². The Labute approximate surface area is 77.6 Å². The van der Waals surface area contributed by atoms with Gasteiger partial charge in [-0.1, -0.05) is 0 Å². The summed E-state index contributed by atoms with van der Waals surface area (Å²) in [6.45, 7) is 0. The van der Waals surface area contributed by atoms with Crippen LogP contribution >= 0.6 is 0 Å². The van der Waals surface area contributed by atoms with Gasteiger partial charge in [0.05, 0.1) is 0 Å². The maximum atomic E-state index is 0. The fraction of sp³-hybridized carbons (Fsp3) is 0. The van der Waals surface area contributed by atoms with Crippen LogP contribution in [0.3, 0.4) is 0 Å². The van der Waals surface area contributed by atoms with E-state index in [-0.39, 0.29) is 77.7 Å². The van der Waals surface area contributed by atoms with Crippen molar-refractivity contribution in [2.45, 2.75) is 0 Å². The van der Waals surface area contributed by atoms with Crippen LogP contribution in [0, 0.1) is 0 Å². The average molecular weight is 492 g/mol. The van der Waals surface area contributed by atoms with E-state index in [2.05, 4.69) is 0 Å². The molecule has 0 fully saturated rings. The largest absolute Gasteiger partial charge is 4.00 e. The Kier molecular flexibility index (Phi) is 18800. The summed E-state index contributed by atoms with van der Waals surface area (Å²) in [7, 11) is 0. The minimum absolute atomic E-state index is 0. The first kappa shape index (κ1) is 468. The predicted molar refractivity (Wildman–Crippen MR) is 30.9 cm³/mol. The molecule has 8 heteroatoms. The molecule has 14 N–H and O–H groups in total. The molecular formula is H14N4O2Pt2+6. The first-order chi connectivity index (χ1) is 0. The van der Waals surface area contributed by atoms with Crippen LogP contribution in [-0.2, 0) is 53.1 Å². The molecule has 0 aromatic rings. The molecule has 6 nitrogen and oxygen atoms in total. The third-order valence-corrected chi connectivity index (χ3v) is 0. The van der Waals surface area contributed by atoms with Crippen molar-refractivity contribution in [3.63, 3.8) is 0 Å². The van der Waals surface area contributed by atoms with Crippen LogP contribution in [0.2, 0.25) is 0 Å². The molecule has 0 aliphatic carbocycles. The molecule has 0 rings (SSSR count). The summed E-state index contributed by atoms with van der Waals surface area (Å²) < 4.78 is 0. The third-order valence-electron chi connectivity index (χ3n) is 0. The van der Waals surface area contributed by atoms with Crippen molar-refractivity contribution in [3.05, 3.63) is 24.6 Å². The fourth-order valence-corrected chi connectivity index (χ4v) is 0. The topological polar surface area (TPSA) is 200 Å². The molecule has 0 aromatic carbocycles. The van der Waals surface area contributed by atoms with Crippen molar-refractivity contribution < 1.29 is 53.1 Å². The van der Waals surface area contributed by atoms with Gasteiger partial charge in [-0.25, -0.2) is 0 Å². The van der Waals surface area contributed by atoms with E-state index in [0.717, 1.165) is 0 Å². The van der Waals surface area contributed by atoms with Crippen LogP contribution in [0.25, 0.3) is 24.6 Å². The zero-order chi connectivity index (χ0) is 0. The van der Waals surface area contributed by atoms with Crippen molar-refractivity contribution in [1.82, 2.24) is 0 Å². The van der Waals surface area contributed by atoms with Gasteiger partial charge in [-0.2, -0.15) is 0 Å². The molecule has 0 aliphatic heterocycles. The fourth-order valence-electron chi connectivity index (χ4n) is 0. The monoisotopic (exact) mass is 492 g/mol. The van der Waals surface area contributed by atoms with Gasteiger partial charge in [-0.3, -0.25) is 0 Å². The normalized spacial score (nSPS) is 0. The van der Waals surface area contributed by atoms with Gasteiger partial charge in [0, 0.05) is 0 Å². The molecule has 0 saturated heterocycles. The number of hydrogen-bond donors (Lipinski definition) is 0. The number of nitrogens with two attached hydrogens (primary N) is 4. The molecule has 8 heavy (non-hydrogen) atoms. The van der Waals surface area contributed by atoms with E-state index in [0.29, 0.717) is 0 Å². The molecule has 0 radical (unpaired) electrons. The molecule has 0 aliphatic rings. The molecular weight excluding hydrogens is 478 g/mol. The van der Waals surface area contributed by atoms with E-state index in [9.17, 15) is 0 Å². The van der Waals surface area contributed by atoms with Crippen molar-refractivity contribution >= 4 is 0 Å². The van der Waals surface area contributed by atoms with Gasteiger partial charge < -0.3 is 35.6 Å². The number of rotatable bonds is 0. The van der Waals surface area contributed by atoms with Crippen molar-refractivity contribution in [2.75, 3.05) is 0 Å². The molecule has 0 atom stereocenters. The molecule has 0 spiro atoms. The molecule has 0 bridgehead atoms. The van der Waals surface area contributed by atoms with Crippen LogP contribution in [0.5, 0.6) is 0 Å². The van der Waals surface area contributed by atoms with E-state index in [4.69, 9.17) is 0 Å². The van der Waals surface area contributed by atoms with Gasteiger partial charge in [0.15, 0.2) is 0 Å². The molecule has 0 heterocycles. The minimum atomic E-state index is 0. The summed E-state index contributed by atoms with van der Waals surface area (Å²) in [4.78, 5) is 0. The van der Waals surface area contributed by atoms with Crippen molar-refractivity contribution in [2.24, 2.45) is 0 Å². The van der Waals surface area contributed by atoms with E-state index in [1.54, 1.807) is 0 Å². The molecule has 0 aromatic heterocycles. The predicted octanol–water partition coefficient (Wildman–Crippen LogP) is 1.02. The second-order valence-corrected chi connectivity index (χ2v) is 0. The Morgan fingerprint density at radius 1 is 0.375 bits per heavy atom. The van der Waals surface area contributed by atoms with E-state index in [1.807, 2.05) is 0 Å². The summed E-state index contributed by atoms with van der Waals surface area (Å²) in [5.74, 6) is 0. The standard InChI is InChI=1S/4H2N.2H2O.2Pt/h6*1H2;;/q4*-1;;;2*+4/p+2. The zero-order valence-electron chi connectivity index (χ0n) is 4.10. The smallest absolute Gasteiger partial charge is 0.693 e. The van der Waals surface area contributed by atoms with Crippen LogP contribution in [0.15, 0.2) is 0 Å². The molecule has 0 amide bonds. The van der Waals surface area contributed by atoms with Crippen LogP contribution in [0.4, 0.5) is 0 Å². The van der Waals surface area contributed by atoms with Crippen LogP contribution < -0.4 is 0 Å². The Morgan fingerprint density at radius 2 is 0.375 bits per heavy atom. The number of hydrogen-bond acceptors (Lipinski definition) is 0. The average Bonchev–Trinajstić information content (AvgIpc) is 0. The molecule has 60 valence electrons. The molecule has 0 saturated carbocycles. The Balaban J connectivity index is 0. The van der Waals surface area contributed by atoms with E-state index < -0.39 is 0 Å². The van der Waals surface area contributed by atoms with E-state index in [1.165, 1.54) is 0 Å². The Morgan fingerprint density at radius 3 is 0.375 bits per heavy atom. The van der Waals surface area contributed by atoms with Gasteiger partial charge in [-0.05, 0) is 0 Å². The SMILES string of the molecule is [NH2-].[NH2-].[NH2-].[NH2-].[OH3+].[OH3+].[Pt+4].[Pt+4]. The van der Waals surface area contributed by atoms with Gasteiger partial charge in [0.1, 0.15) is 0 Å². The maximum Gasteiger partial charge on any atom is 4.00 e. The van der Waals surface area contributed by atoms with Crippen LogP contribution in [0.1, 0.15) is 0 Å². The summed E-state index contributed by atoms with van der Waals surface area (Å²) >= 11 is 0. The second-order valence-electron chi connectivity index (χ2n) is 0. The van der Waals surface area contributed by atoms with E-state index >= 15 is 0 Å². The van der Waals surface area contributed by atoms with Gasteiger partial charge in [-0.15, -0.1) is 0 Å². The van der Waals surface area contributed by atoms with Crippen LogP contribution in [-0.4, -0.2) is 0 Å². The minimum Gasteiger partial charge on any atom is -0.693 e. The first-order valence-electron chi connectivity index (χ1n) is 0. The second kappa shape index (κ2) is 321. The Bertz CT molecular complexity index is 12.0. The maximum absolute atomic E-state index is 0. The quantitative estimate of drug-likeness (QED) is 0.435. The van der Waals surface area contributed by atoms with Gasteiger partial charge in [0.25, 0.3) is 0 Å². The zero-order valence-corrected chi connectivity index (χ0v) is 8.64. The van der Waals surface area contributed by atoms with Crippen molar-refractivity contribution in [3.8, 4) is 0 Å². The summed E-state index contributed by atoms with van der Waals surface area (Å²) in [6, 6.07) is 0. The van der Waals surface area contributed by atoms with Crippen molar-refractivity contribution in [1.29, 1.82) is 0 Å². The van der Waals surface area contributed by atoms with Gasteiger partial charge in [0.2, 0.25) is 0 Å². The first-order valence-corrected chi connectivity index (χ1v) is 0.